The van der Waals surface area contributed by atoms with Gasteiger partial charge in [0.2, 0.25) is 11.0 Å². The molecule has 0 saturated heterocycles. The summed E-state index contributed by atoms with van der Waals surface area (Å²) < 4.78 is 12.5. The molecule has 0 amide bonds. The van der Waals surface area contributed by atoms with Gasteiger partial charge in [0.1, 0.15) is 5.76 Å². The summed E-state index contributed by atoms with van der Waals surface area (Å²) in [4.78, 5) is 4.31. The SMILES string of the molecule is Cc1occc1-c1nnc(SCc2ncc(-c3ccccc3)o2)n1N. The summed E-state index contributed by atoms with van der Waals surface area (Å²) in [5.41, 5.74) is 1.82. The maximum Gasteiger partial charge on any atom is 0.210 e. The number of furan rings is 1. The van der Waals surface area contributed by atoms with E-state index in [9.17, 15) is 0 Å². The van der Waals surface area contributed by atoms with Gasteiger partial charge >= 0.3 is 0 Å². The summed E-state index contributed by atoms with van der Waals surface area (Å²) in [5, 5.41) is 8.85. The minimum absolute atomic E-state index is 0.506. The average Bonchev–Trinajstić information content (AvgIpc) is 3.35. The molecular formula is C17H15N5O2S. The molecule has 2 N–H and O–H groups in total. The van der Waals surface area contributed by atoms with Crippen LogP contribution in [0.25, 0.3) is 22.7 Å². The van der Waals surface area contributed by atoms with Crippen LogP contribution in [0.15, 0.2) is 62.8 Å². The highest BCUT2D eigenvalue weighted by Gasteiger charge is 2.16. The maximum absolute atomic E-state index is 6.10. The molecule has 4 rings (SSSR count). The number of thioether (sulfide) groups is 1. The number of nitrogens with zero attached hydrogens (tertiary/aromatic N) is 4. The van der Waals surface area contributed by atoms with Crippen molar-refractivity contribution >= 4 is 11.8 Å². The van der Waals surface area contributed by atoms with Crippen LogP contribution in [0.4, 0.5) is 0 Å². The molecule has 0 aliphatic rings. The molecule has 0 unspecified atom stereocenters. The summed E-state index contributed by atoms with van der Waals surface area (Å²) in [7, 11) is 0. The predicted octanol–water partition coefficient (Wildman–Crippen LogP) is 3.51. The second-order valence-corrected chi connectivity index (χ2v) is 6.28. The van der Waals surface area contributed by atoms with E-state index in [1.165, 1.54) is 16.4 Å². The lowest BCUT2D eigenvalue weighted by atomic mass is 10.2. The number of nitrogens with two attached hydrogens (primary N) is 1. The zero-order valence-electron chi connectivity index (χ0n) is 13.4. The second kappa shape index (κ2) is 6.48. The van der Waals surface area contributed by atoms with E-state index in [4.69, 9.17) is 14.7 Å². The van der Waals surface area contributed by atoms with Crippen LogP contribution in [0.2, 0.25) is 0 Å². The Kier molecular flexibility index (Phi) is 4.02. The molecule has 0 aliphatic carbocycles. The summed E-state index contributed by atoms with van der Waals surface area (Å²) in [5.74, 6) is 9.26. The molecule has 0 radical (unpaired) electrons. The molecule has 0 atom stereocenters. The zero-order valence-corrected chi connectivity index (χ0v) is 14.2. The lowest BCUT2D eigenvalue weighted by Crippen LogP contribution is -2.11. The Morgan fingerprint density at radius 2 is 2.00 bits per heavy atom. The molecule has 1 aromatic carbocycles. The predicted molar refractivity (Wildman–Crippen MR) is 94.1 cm³/mol. The van der Waals surface area contributed by atoms with Crippen LogP contribution < -0.4 is 5.84 Å². The van der Waals surface area contributed by atoms with E-state index in [-0.39, 0.29) is 0 Å². The van der Waals surface area contributed by atoms with E-state index in [1.54, 1.807) is 12.5 Å². The topological polar surface area (TPSA) is 95.9 Å². The van der Waals surface area contributed by atoms with Crippen molar-refractivity contribution in [3.8, 4) is 22.7 Å². The first-order valence-electron chi connectivity index (χ1n) is 7.60. The first-order chi connectivity index (χ1) is 12.2. The Labute approximate surface area is 147 Å². The van der Waals surface area contributed by atoms with Gasteiger partial charge in [-0.25, -0.2) is 9.66 Å². The standard InChI is InChI=1S/C17H15N5O2S/c1-11-13(7-8-23-11)16-20-21-17(22(16)18)25-10-15-19-9-14(24-15)12-5-3-2-4-6-12/h2-9H,10,18H2,1H3. The molecule has 7 nitrogen and oxygen atoms in total. The Balaban J connectivity index is 1.49. The Hall–Kier alpha value is -3.00. The third kappa shape index (κ3) is 3.03. The highest BCUT2D eigenvalue weighted by Crippen LogP contribution is 2.27. The van der Waals surface area contributed by atoms with Crippen molar-refractivity contribution in [2.45, 2.75) is 17.8 Å². The van der Waals surface area contributed by atoms with E-state index in [2.05, 4.69) is 15.2 Å². The minimum Gasteiger partial charge on any atom is -0.469 e. The highest BCUT2D eigenvalue weighted by molar-refractivity contribution is 7.98. The molecule has 0 fully saturated rings. The minimum atomic E-state index is 0.506. The highest BCUT2D eigenvalue weighted by atomic mass is 32.2. The number of hydrogen-bond donors (Lipinski definition) is 1. The first kappa shape index (κ1) is 15.5. The van der Waals surface area contributed by atoms with Crippen molar-refractivity contribution in [3.05, 3.63) is 60.5 Å². The van der Waals surface area contributed by atoms with Crippen molar-refractivity contribution < 1.29 is 8.83 Å². The zero-order chi connectivity index (χ0) is 17.2. The number of aromatic nitrogens is 4. The van der Waals surface area contributed by atoms with Crippen LogP contribution >= 0.6 is 11.8 Å². The fraction of sp³-hybridized carbons (Fsp3) is 0.118. The number of oxazole rings is 1. The van der Waals surface area contributed by atoms with Crippen molar-refractivity contribution in [2.75, 3.05) is 5.84 Å². The van der Waals surface area contributed by atoms with E-state index in [0.29, 0.717) is 22.6 Å². The largest absolute Gasteiger partial charge is 0.469 e. The monoisotopic (exact) mass is 353 g/mol. The molecule has 0 spiro atoms. The molecule has 3 heterocycles. The fourth-order valence-corrected chi connectivity index (χ4v) is 3.13. The van der Waals surface area contributed by atoms with Gasteiger partial charge in [0.15, 0.2) is 11.6 Å². The fourth-order valence-electron chi connectivity index (χ4n) is 2.42. The molecule has 4 aromatic rings. The lowest BCUT2D eigenvalue weighted by molar-refractivity contribution is 0.529. The summed E-state index contributed by atoms with van der Waals surface area (Å²) >= 11 is 1.41. The smallest absolute Gasteiger partial charge is 0.210 e. The normalized spacial score (nSPS) is 11.1. The number of benzene rings is 1. The van der Waals surface area contributed by atoms with Gasteiger partial charge in [-0.1, -0.05) is 42.1 Å². The Morgan fingerprint density at radius 1 is 1.16 bits per heavy atom. The summed E-state index contributed by atoms with van der Waals surface area (Å²) in [6, 6.07) is 11.7. The second-order valence-electron chi connectivity index (χ2n) is 5.34. The number of nitrogen functional groups attached to an aromatic ring is 1. The third-order valence-corrected chi connectivity index (χ3v) is 4.63. The van der Waals surface area contributed by atoms with Gasteiger partial charge in [0.05, 0.1) is 23.8 Å². The van der Waals surface area contributed by atoms with Gasteiger partial charge in [-0.05, 0) is 13.0 Å². The quantitative estimate of drug-likeness (QED) is 0.433. The maximum atomic E-state index is 6.10. The van der Waals surface area contributed by atoms with Crippen molar-refractivity contribution in [2.24, 2.45) is 0 Å². The van der Waals surface area contributed by atoms with Crippen LogP contribution in [0.5, 0.6) is 0 Å². The molecule has 0 saturated carbocycles. The van der Waals surface area contributed by atoms with E-state index in [1.807, 2.05) is 43.3 Å². The molecule has 3 aromatic heterocycles. The number of hydrogen-bond acceptors (Lipinski definition) is 7. The van der Waals surface area contributed by atoms with E-state index in [0.717, 1.165) is 22.6 Å². The number of rotatable bonds is 5. The van der Waals surface area contributed by atoms with Gasteiger partial charge in [-0.2, -0.15) is 0 Å². The van der Waals surface area contributed by atoms with Crippen LogP contribution in [-0.2, 0) is 5.75 Å². The van der Waals surface area contributed by atoms with Gasteiger partial charge in [-0.3, -0.25) is 0 Å². The van der Waals surface area contributed by atoms with Crippen LogP contribution in [0.1, 0.15) is 11.7 Å². The summed E-state index contributed by atoms with van der Waals surface area (Å²) in [6.07, 6.45) is 3.32. The van der Waals surface area contributed by atoms with Crippen molar-refractivity contribution in [1.82, 2.24) is 19.9 Å². The van der Waals surface area contributed by atoms with Gasteiger partial charge < -0.3 is 14.7 Å². The molecule has 126 valence electrons. The Morgan fingerprint density at radius 3 is 2.76 bits per heavy atom. The van der Waals surface area contributed by atoms with Crippen LogP contribution in [0.3, 0.4) is 0 Å². The van der Waals surface area contributed by atoms with E-state index >= 15 is 0 Å². The van der Waals surface area contributed by atoms with Crippen LogP contribution in [-0.4, -0.2) is 19.9 Å². The third-order valence-electron chi connectivity index (χ3n) is 3.70. The van der Waals surface area contributed by atoms with E-state index < -0.39 is 0 Å². The van der Waals surface area contributed by atoms with Crippen molar-refractivity contribution in [3.63, 3.8) is 0 Å². The average molecular weight is 353 g/mol. The molecular weight excluding hydrogens is 338 g/mol. The Bertz CT molecular complexity index is 990. The first-order valence-corrected chi connectivity index (χ1v) is 8.59. The van der Waals surface area contributed by atoms with Gasteiger partial charge in [0.25, 0.3) is 0 Å². The van der Waals surface area contributed by atoms with Gasteiger partial charge in [0, 0.05) is 5.56 Å². The molecule has 0 bridgehead atoms. The number of aryl methyl sites for hydroxylation is 1. The lowest BCUT2D eigenvalue weighted by Gasteiger charge is -2.01. The van der Waals surface area contributed by atoms with Gasteiger partial charge in [-0.15, -0.1) is 10.2 Å². The molecule has 25 heavy (non-hydrogen) atoms. The molecule has 0 aliphatic heterocycles. The van der Waals surface area contributed by atoms with Crippen LogP contribution in [0, 0.1) is 6.92 Å². The summed E-state index contributed by atoms with van der Waals surface area (Å²) in [6.45, 7) is 1.86. The molecule has 8 heteroatoms. The van der Waals surface area contributed by atoms with Crippen molar-refractivity contribution in [1.29, 1.82) is 0 Å².